The molecule has 1 aromatic heterocycles. The lowest BCUT2D eigenvalue weighted by Gasteiger charge is -2.27. The highest BCUT2D eigenvalue weighted by atomic mass is 35.5. The smallest absolute Gasteiger partial charge is 0.132 e. The molecule has 1 saturated carbocycles. The summed E-state index contributed by atoms with van der Waals surface area (Å²) in [6, 6.07) is 2.97. The summed E-state index contributed by atoms with van der Waals surface area (Å²) < 4.78 is 0. The van der Waals surface area contributed by atoms with E-state index in [1.165, 1.54) is 0 Å². The first-order chi connectivity index (χ1) is 7.65. The second-order valence-corrected chi connectivity index (χ2v) is 4.95. The Balaban J connectivity index is 1.96. The molecular formula is C12H18ClN3. The SMILES string of the molecule is Cc1cc(NC2CCC(N)CC2)cnc1Cl. The van der Waals surface area contributed by atoms with Gasteiger partial charge in [0.15, 0.2) is 0 Å². The fraction of sp³-hybridized carbons (Fsp3) is 0.583. The van der Waals surface area contributed by atoms with E-state index in [1.807, 2.05) is 13.0 Å². The van der Waals surface area contributed by atoms with Gasteiger partial charge in [-0.1, -0.05) is 11.6 Å². The summed E-state index contributed by atoms with van der Waals surface area (Å²) in [7, 11) is 0. The predicted molar refractivity (Wildman–Crippen MR) is 67.8 cm³/mol. The molecule has 0 amide bonds. The molecular weight excluding hydrogens is 222 g/mol. The first kappa shape index (κ1) is 11.7. The maximum absolute atomic E-state index is 5.89. The third-order valence-electron chi connectivity index (χ3n) is 3.16. The molecule has 0 spiro atoms. The quantitative estimate of drug-likeness (QED) is 0.781. The summed E-state index contributed by atoms with van der Waals surface area (Å²) in [5.74, 6) is 0. The van der Waals surface area contributed by atoms with E-state index >= 15 is 0 Å². The fourth-order valence-electron chi connectivity index (χ4n) is 2.14. The molecule has 4 heteroatoms. The van der Waals surface area contributed by atoms with Crippen molar-refractivity contribution in [1.29, 1.82) is 0 Å². The van der Waals surface area contributed by atoms with E-state index in [-0.39, 0.29) is 0 Å². The van der Waals surface area contributed by atoms with Crippen LogP contribution in [0.1, 0.15) is 31.2 Å². The van der Waals surface area contributed by atoms with Crippen LogP contribution in [-0.2, 0) is 0 Å². The zero-order valence-electron chi connectivity index (χ0n) is 9.54. The highest BCUT2D eigenvalue weighted by Crippen LogP contribution is 2.22. The van der Waals surface area contributed by atoms with Crippen LogP contribution in [0.25, 0.3) is 0 Å². The van der Waals surface area contributed by atoms with Gasteiger partial charge in [-0.25, -0.2) is 4.98 Å². The Kier molecular flexibility index (Phi) is 3.66. The molecule has 1 fully saturated rings. The number of anilines is 1. The molecule has 0 atom stereocenters. The van der Waals surface area contributed by atoms with E-state index in [4.69, 9.17) is 17.3 Å². The van der Waals surface area contributed by atoms with Crippen LogP contribution in [0.4, 0.5) is 5.69 Å². The number of nitrogens with one attached hydrogen (secondary N) is 1. The van der Waals surface area contributed by atoms with Crippen LogP contribution < -0.4 is 11.1 Å². The molecule has 2 rings (SSSR count). The van der Waals surface area contributed by atoms with Gasteiger partial charge in [-0.15, -0.1) is 0 Å². The first-order valence-electron chi connectivity index (χ1n) is 5.79. The average molecular weight is 240 g/mol. The van der Waals surface area contributed by atoms with E-state index in [0.717, 1.165) is 36.9 Å². The molecule has 1 heterocycles. The summed E-state index contributed by atoms with van der Waals surface area (Å²) in [5.41, 5.74) is 7.95. The number of nitrogens with zero attached hydrogens (tertiary/aromatic N) is 1. The number of aromatic nitrogens is 1. The Bertz CT molecular complexity index is 359. The van der Waals surface area contributed by atoms with Crippen molar-refractivity contribution in [2.45, 2.75) is 44.7 Å². The van der Waals surface area contributed by atoms with Crippen LogP contribution in [0.5, 0.6) is 0 Å². The Morgan fingerprint density at radius 3 is 2.69 bits per heavy atom. The third kappa shape index (κ3) is 2.86. The van der Waals surface area contributed by atoms with Crippen molar-refractivity contribution < 1.29 is 0 Å². The van der Waals surface area contributed by atoms with E-state index in [2.05, 4.69) is 10.3 Å². The molecule has 0 saturated heterocycles. The van der Waals surface area contributed by atoms with E-state index in [0.29, 0.717) is 17.2 Å². The van der Waals surface area contributed by atoms with Crippen molar-refractivity contribution in [1.82, 2.24) is 4.98 Å². The minimum atomic E-state index is 0.392. The highest BCUT2D eigenvalue weighted by Gasteiger charge is 2.18. The van der Waals surface area contributed by atoms with Crippen LogP contribution >= 0.6 is 11.6 Å². The van der Waals surface area contributed by atoms with Crippen molar-refractivity contribution in [2.24, 2.45) is 5.73 Å². The Labute approximate surface area is 101 Å². The number of hydrogen-bond donors (Lipinski definition) is 2. The van der Waals surface area contributed by atoms with Gasteiger partial charge in [0, 0.05) is 12.1 Å². The average Bonchev–Trinajstić information content (AvgIpc) is 2.27. The molecule has 0 radical (unpaired) electrons. The van der Waals surface area contributed by atoms with Gasteiger partial charge in [-0.2, -0.15) is 0 Å². The number of hydrogen-bond acceptors (Lipinski definition) is 3. The molecule has 1 aliphatic rings. The summed E-state index contributed by atoms with van der Waals surface area (Å²) in [4.78, 5) is 4.14. The zero-order valence-corrected chi connectivity index (χ0v) is 10.3. The lowest BCUT2D eigenvalue weighted by Crippen LogP contribution is -2.32. The van der Waals surface area contributed by atoms with Crippen molar-refractivity contribution >= 4 is 17.3 Å². The minimum absolute atomic E-state index is 0.392. The number of halogens is 1. The predicted octanol–water partition coefficient (Wildman–Crippen LogP) is 2.73. The summed E-state index contributed by atoms with van der Waals surface area (Å²) in [5, 5.41) is 4.07. The lowest BCUT2D eigenvalue weighted by molar-refractivity contribution is 0.411. The van der Waals surface area contributed by atoms with Gasteiger partial charge >= 0.3 is 0 Å². The Morgan fingerprint density at radius 1 is 1.38 bits per heavy atom. The standard InChI is InChI=1S/C12H18ClN3/c1-8-6-11(7-15-12(8)13)16-10-4-2-9(14)3-5-10/h6-7,9-10,16H,2-5,14H2,1H3. The van der Waals surface area contributed by atoms with Crippen molar-refractivity contribution in [3.05, 3.63) is 23.0 Å². The molecule has 0 unspecified atom stereocenters. The van der Waals surface area contributed by atoms with Gasteiger partial charge in [-0.3, -0.25) is 0 Å². The second kappa shape index (κ2) is 5.02. The van der Waals surface area contributed by atoms with Gasteiger partial charge in [0.25, 0.3) is 0 Å². The monoisotopic (exact) mass is 239 g/mol. The Hall–Kier alpha value is -0.800. The lowest BCUT2D eigenvalue weighted by atomic mass is 9.92. The number of aryl methyl sites for hydroxylation is 1. The second-order valence-electron chi connectivity index (χ2n) is 4.59. The van der Waals surface area contributed by atoms with Crippen LogP contribution in [0.2, 0.25) is 5.15 Å². The van der Waals surface area contributed by atoms with Gasteiger partial charge in [0.1, 0.15) is 5.15 Å². The largest absolute Gasteiger partial charge is 0.381 e. The molecule has 3 N–H and O–H groups in total. The summed E-state index contributed by atoms with van der Waals surface area (Å²) >= 11 is 5.89. The first-order valence-corrected chi connectivity index (χ1v) is 6.17. The van der Waals surface area contributed by atoms with Crippen LogP contribution in [0.3, 0.4) is 0 Å². The maximum Gasteiger partial charge on any atom is 0.132 e. The van der Waals surface area contributed by atoms with E-state index < -0.39 is 0 Å². The number of pyridine rings is 1. The molecule has 16 heavy (non-hydrogen) atoms. The van der Waals surface area contributed by atoms with Gasteiger partial charge in [-0.05, 0) is 44.2 Å². The molecule has 0 aliphatic heterocycles. The molecule has 88 valence electrons. The molecule has 0 bridgehead atoms. The molecule has 3 nitrogen and oxygen atoms in total. The van der Waals surface area contributed by atoms with E-state index in [1.54, 1.807) is 6.20 Å². The summed E-state index contributed by atoms with van der Waals surface area (Å²) in [6.07, 6.45) is 6.30. The minimum Gasteiger partial charge on any atom is -0.381 e. The van der Waals surface area contributed by atoms with Crippen LogP contribution in [0, 0.1) is 6.92 Å². The normalized spacial score (nSPS) is 25.4. The van der Waals surface area contributed by atoms with Crippen molar-refractivity contribution in [3.63, 3.8) is 0 Å². The van der Waals surface area contributed by atoms with Crippen molar-refractivity contribution in [3.8, 4) is 0 Å². The van der Waals surface area contributed by atoms with Gasteiger partial charge in [0.05, 0.1) is 11.9 Å². The molecule has 1 aromatic rings. The van der Waals surface area contributed by atoms with Crippen LogP contribution in [0.15, 0.2) is 12.3 Å². The molecule has 1 aliphatic carbocycles. The topological polar surface area (TPSA) is 50.9 Å². The third-order valence-corrected chi connectivity index (χ3v) is 3.55. The Morgan fingerprint density at radius 2 is 2.06 bits per heavy atom. The zero-order chi connectivity index (χ0) is 11.5. The highest BCUT2D eigenvalue weighted by molar-refractivity contribution is 6.30. The van der Waals surface area contributed by atoms with Crippen LogP contribution in [-0.4, -0.2) is 17.1 Å². The van der Waals surface area contributed by atoms with E-state index in [9.17, 15) is 0 Å². The molecule has 0 aromatic carbocycles. The van der Waals surface area contributed by atoms with Crippen molar-refractivity contribution in [2.75, 3.05) is 5.32 Å². The number of nitrogens with two attached hydrogens (primary N) is 1. The number of rotatable bonds is 2. The maximum atomic E-state index is 5.89. The van der Waals surface area contributed by atoms with Gasteiger partial charge < -0.3 is 11.1 Å². The fourth-order valence-corrected chi connectivity index (χ4v) is 2.24. The summed E-state index contributed by atoms with van der Waals surface area (Å²) in [6.45, 7) is 1.97. The van der Waals surface area contributed by atoms with Gasteiger partial charge in [0.2, 0.25) is 0 Å².